The number of nitrogens with zero attached hydrogens (tertiary/aromatic N) is 3. The molecule has 5 heteroatoms. The van der Waals surface area contributed by atoms with E-state index in [9.17, 15) is 0 Å². The summed E-state index contributed by atoms with van der Waals surface area (Å²) >= 11 is 9.45. The summed E-state index contributed by atoms with van der Waals surface area (Å²) in [4.78, 5) is 0. The third-order valence-corrected chi connectivity index (χ3v) is 3.48. The zero-order valence-corrected chi connectivity index (χ0v) is 11.5. The van der Waals surface area contributed by atoms with Crippen LogP contribution >= 0.6 is 27.5 Å². The monoisotopic (exact) mass is 309 g/mol. The van der Waals surface area contributed by atoms with Crippen molar-refractivity contribution in [1.82, 2.24) is 9.78 Å². The van der Waals surface area contributed by atoms with Gasteiger partial charge in [0.1, 0.15) is 0 Å². The lowest BCUT2D eigenvalue weighted by atomic mass is 10.2. The minimum atomic E-state index is 0.285. The third-order valence-electron chi connectivity index (χ3n) is 2.41. The summed E-state index contributed by atoms with van der Waals surface area (Å²) in [5.74, 6) is 0. The number of aromatic nitrogens is 2. The number of halogens is 2. The van der Waals surface area contributed by atoms with E-state index in [-0.39, 0.29) is 6.42 Å². The minimum Gasteiger partial charge on any atom is -0.239 e. The normalized spacial score (nSPS) is 10.2. The third kappa shape index (κ3) is 2.51. The zero-order chi connectivity index (χ0) is 12.4. The fraction of sp³-hybridized carbons (Fsp3) is 0.167. The van der Waals surface area contributed by atoms with Crippen molar-refractivity contribution < 1.29 is 0 Å². The van der Waals surface area contributed by atoms with Gasteiger partial charge in [-0.1, -0.05) is 17.7 Å². The van der Waals surface area contributed by atoms with Gasteiger partial charge in [-0.3, -0.25) is 0 Å². The molecule has 3 nitrogen and oxygen atoms in total. The Morgan fingerprint density at radius 3 is 2.94 bits per heavy atom. The smallest absolute Gasteiger partial charge is 0.0911 e. The van der Waals surface area contributed by atoms with Crippen molar-refractivity contribution >= 4 is 27.5 Å². The molecule has 0 atom stereocenters. The molecule has 0 radical (unpaired) electrons. The Labute approximate surface area is 113 Å². The molecule has 0 amide bonds. The lowest BCUT2D eigenvalue weighted by molar-refractivity contribution is 0.852. The van der Waals surface area contributed by atoms with Crippen LogP contribution in [0.25, 0.3) is 5.69 Å². The van der Waals surface area contributed by atoms with E-state index in [1.54, 1.807) is 4.68 Å². The highest BCUT2D eigenvalue weighted by Crippen LogP contribution is 2.22. The van der Waals surface area contributed by atoms with Crippen LogP contribution in [-0.2, 0) is 6.42 Å². The Balaban J connectivity index is 2.43. The highest BCUT2D eigenvalue weighted by molar-refractivity contribution is 9.10. The standard InChI is InChI=1S/C12H9BrClN3/c1-8-2-3-9(6-11(8)14)17-7-10(13)12(16-17)4-5-15/h2-3,6-7H,4H2,1H3. The topological polar surface area (TPSA) is 41.6 Å². The van der Waals surface area contributed by atoms with Crippen molar-refractivity contribution in [1.29, 1.82) is 5.26 Å². The quantitative estimate of drug-likeness (QED) is 0.849. The molecule has 0 N–H and O–H groups in total. The number of hydrogen-bond donors (Lipinski definition) is 0. The molecule has 2 rings (SSSR count). The van der Waals surface area contributed by atoms with Crippen LogP contribution < -0.4 is 0 Å². The van der Waals surface area contributed by atoms with Gasteiger partial charge in [-0.15, -0.1) is 0 Å². The van der Waals surface area contributed by atoms with Crippen LogP contribution in [0.5, 0.6) is 0 Å². The Morgan fingerprint density at radius 1 is 1.53 bits per heavy atom. The highest BCUT2D eigenvalue weighted by atomic mass is 79.9. The second kappa shape index (κ2) is 4.91. The van der Waals surface area contributed by atoms with Crippen LogP contribution in [0.15, 0.2) is 28.9 Å². The van der Waals surface area contributed by atoms with Crippen LogP contribution in [0.3, 0.4) is 0 Å². The summed E-state index contributed by atoms with van der Waals surface area (Å²) in [6, 6.07) is 7.81. The van der Waals surface area contributed by atoms with Gasteiger partial charge in [-0.05, 0) is 40.5 Å². The van der Waals surface area contributed by atoms with E-state index in [4.69, 9.17) is 16.9 Å². The minimum absolute atomic E-state index is 0.285. The molecular weight excluding hydrogens is 302 g/mol. The molecule has 0 aliphatic carbocycles. The van der Waals surface area contributed by atoms with Gasteiger partial charge >= 0.3 is 0 Å². The molecule has 0 fully saturated rings. The summed E-state index contributed by atoms with van der Waals surface area (Å²) in [7, 11) is 0. The molecule has 0 spiro atoms. The first-order valence-corrected chi connectivity index (χ1v) is 6.16. The molecule has 1 aromatic heterocycles. The molecule has 1 aromatic carbocycles. The van der Waals surface area contributed by atoms with Crippen molar-refractivity contribution in [3.8, 4) is 11.8 Å². The first-order chi connectivity index (χ1) is 8.11. The largest absolute Gasteiger partial charge is 0.239 e. The van der Waals surface area contributed by atoms with Crippen molar-refractivity contribution in [2.24, 2.45) is 0 Å². The second-order valence-corrected chi connectivity index (χ2v) is 4.90. The van der Waals surface area contributed by atoms with E-state index in [1.807, 2.05) is 31.3 Å². The van der Waals surface area contributed by atoms with Crippen LogP contribution in [0.2, 0.25) is 5.02 Å². The Hall–Kier alpha value is -1.31. The summed E-state index contributed by atoms with van der Waals surface area (Å²) in [6.07, 6.45) is 2.11. The van der Waals surface area contributed by atoms with E-state index in [0.717, 1.165) is 21.4 Å². The van der Waals surface area contributed by atoms with E-state index >= 15 is 0 Å². The summed E-state index contributed by atoms with van der Waals surface area (Å²) in [6.45, 7) is 1.95. The second-order valence-electron chi connectivity index (χ2n) is 3.64. The Bertz CT molecular complexity index is 598. The molecule has 86 valence electrons. The maximum Gasteiger partial charge on any atom is 0.0911 e. The number of rotatable bonds is 2. The predicted molar refractivity (Wildman–Crippen MR) is 70.3 cm³/mol. The molecule has 1 heterocycles. The fourth-order valence-corrected chi connectivity index (χ4v) is 2.03. The molecule has 0 unspecified atom stereocenters. The molecule has 0 saturated heterocycles. The predicted octanol–water partition coefficient (Wildman–Crippen LogP) is 3.66. The van der Waals surface area contributed by atoms with E-state index in [1.165, 1.54) is 0 Å². The fourth-order valence-electron chi connectivity index (χ4n) is 1.44. The van der Waals surface area contributed by atoms with Gasteiger partial charge in [0.05, 0.1) is 28.3 Å². The van der Waals surface area contributed by atoms with Gasteiger partial charge < -0.3 is 0 Å². The van der Waals surface area contributed by atoms with Gasteiger partial charge in [0.2, 0.25) is 0 Å². The van der Waals surface area contributed by atoms with E-state index < -0.39 is 0 Å². The van der Waals surface area contributed by atoms with E-state index in [0.29, 0.717) is 5.02 Å². The van der Waals surface area contributed by atoms with E-state index in [2.05, 4.69) is 27.1 Å². The van der Waals surface area contributed by atoms with Gasteiger partial charge in [0.25, 0.3) is 0 Å². The van der Waals surface area contributed by atoms with Crippen molar-refractivity contribution in [2.75, 3.05) is 0 Å². The number of hydrogen-bond acceptors (Lipinski definition) is 2. The van der Waals surface area contributed by atoms with Crippen LogP contribution in [0, 0.1) is 18.3 Å². The molecular formula is C12H9BrClN3. The SMILES string of the molecule is Cc1ccc(-n2cc(Br)c(CC#N)n2)cc1Cl. The number of benzene rings is 1. The van der Waals surface area contributed by atoms with Gasteiger partial charge in [0.15, 0.2) is 0 Å². The average molecular weight is 311 g/mol. The maximum atomic E-state index is 8.66. The lowest BCUT2D eigenvalue weighted by Crippen LogP contribution is -1.96. The van der Waals surface area contributed by atoms with Crippen molar-refractivity contribution in [2.45, 2.75) is 13.3 Å². The molecule has 0 saturated carbocycles. The summed E-state index contributed by atoms with van der Waals surface area (Å²) < 4.78 is 2.54. The van der Waals surface area contributed by atoms with Gasteiger partial charge in [0, 0.05) is 11.2 Å². The molecule has 0 aliphatic rings. The molecule has 2 aromatic rings. The molecule has 0 bridgehead atoms. The zero-order valence-electron chi connectivity index (χ0n) is 9.11. The Kier molecular flexibility index (Phi) is 3.51. The van der Waals surface area contributed by atoms with Crippen molar-refractivity contribution in [3.63, 3.8) is 0 Å². The van der Waals surface area contributed by atoms with Crippen LogP contribution in [-0.4, -0.2) is 9.78 Å². The molecule has 17 heavy (non-hydrogen) atoms. The first kappa shape index (κ1) is 12.2. The lowest BCUT2D eigenvalue weighted by Gasteiger charge is -2.03. The number of aryl methyl sites for hydroxylation is 1. The van der Waals surface area contributed by atoms with Crippen LogP contribution in [0.1, 0.15) is 11.3 Å². The summed E-state index contributed by atoms with van der Waals surface area (Å²) in [5.41, 5.74) is 2.63. The molecule has 0 aliphatic heterocycles. The first-order valence-electron chi connectivity index (χ1n) is 4.99. The van der Waals surface area contributed by atoms with Crippen molar-refractivity contribution in [3.05, 3.63) is 45.1 Å². The highest BCUT2D eigenvalue weighted by Gasteiger charge is 2.08. The maximum absolute atomic E-state index is 8.66. The summed E-state index contributed by atoms with van der Waals surface area (Å²) in [5, 5.41) is 13.7. The van der Waals surface area contributed by atoms with Gasteiger partial charge in [-0.2, -0.15) is 10.4 Å². The number of nitriles is 1. The average Bonchev–Trinajstić information content (AvgIpc) is 2.65. The van der Waals surface area contributed by atoms with Gasteiger partial charge in [-0.25, -0.2) is 4.68 Å². The Morgan fingerprint density at radius 2 is 2.29 bits per heavy atom. The van der Waals surface area contributed by atoms with Crippen LogP contribution in [0.4, 0.5) is 0 Å².